The summed E-state index contributed by atoms with van der Waals surface area (Å²) in [5.74, 6) is -0.594. The second-order valence-electron chi connectivity index (χ2n) is 3.65. The van der Waals surface area contributed by atoms with Crippen molar-refractivity contribution in [2.45, 2.75) is 13.0 Å². The molecular weight excluding hydrogens is 282 g/mol. The number of aryl methyl sites for hydroxylation is 1. The zero-order chi connectivity index (χ0) is 12.6. The molecule has 1 aromatic carbocycles. The van der Waals surface area contributed by atoms with Gasteiger partial charge in [-0.3, -0.25) is 0 Å². The second kappa shape index (κ2) is 4.94. The number of hydrogen-bond donors (Lipinski definition) is 1. The van der Waals surface area contributed by atoms with Crippen molar-refractivity contribution in [2.24, 2.45) is 0 Å². The molecule has 1 N–H and O–H groups in total. The smallest absolute Gasteiger partial charge is 0.147 e. The summed E-state index contributed by atoms with van der Waals surface area (Å²) < 4.78 is 14.3. The van der Waals surface area contributed by atoms with E-state index in [4.69, 9.17) is 23.2 Å². The van der Waals surface area contributed by atoms with Crippen LogP contribution >= 0.6 is 34.5 Å². The minimum absolute atomic E-state index is 0.000856. The standard InChI is InChI=1S/C12H9Cl2FOS/c1-6-5-9(17-12(6)14)11(16)7-3-2-4-8(13)10(7)15/h2-5,11,16H,1H3. The summed E-state index contributed by atoms with van der Waals surface area (Å²) in [5.41, 5.74) is 1.03. The van der Waals surface area contributed by atoms with E-state index in [0.29, 0.717) is 9.21 Å². The number of thiophene rings is 1. The number of halogens is 3. The third-order valence-electron chi connectivity index (χ3n) is 2.42. The zero-order valence-corrected chi connectivity index (χ0v) is 11.2. The monoisotopic (exact) mass is 290 g/mol. The summed E-state index contributed by atoms with van der Waals surface area (Å²) in [4.78, 5) is 0.605. The molecule has 1 heterocycles. The van der Waals surface area contributed by atoms with Gasteiger partial charge < -0.3 is 5.11 Å². The predicted molar refractivity (Wildman–Crippen MR) is 69.5 cm³/mol. The van der Waals surface area contributed by atoms with E-state index in [0.717, 1.165) is 5.56 Å². The van der Waals surface area contributed by atoms with Gasteiger partial charge in [-0.25, -0.2) is 4.39 Å². The molecule has 1 nitrogen and oxygen atoms in total. The van der Waals surface area contributed by atoms with Crippen LogP contribution in [0.25, 0.3) is 0 Å². The molecule has 0 radical (unpaired) electrons. The summed E-state index contributed by atoms with van der Waals surface area (Å²) in [6.45, 7) is 1.84. The van der Waals surface area contributed by atoms with Gasteiger partial charge in [0.05, 0.1) is 9.36 Å². The van der Waals surface area contributed by atoms with Crippen molar-refractivity contribution in [1.29, 1.82) is 0 Å². The van der Waals surface area contributed by atoms with Crippen LogP contribution in [0.3, 0.4) is 0 Å². The van der Waals surface area contributed by atoms with E-state index in [2.05, 4.69) is 0 Å². The van der Waals surface area contributed by atoms with Crippen LogP contribution < -0.4 is 0 Å². The van der Waals surface area contributed by atoms with Gasteiger partial charge in [0.15, 0.2) is 0 Å². The van der Waals surface area contributed by atoms with Crippen LogP contribution in [0.4, 0.5) is 4.39 Å². The first-order valence-corrected chi connectivity index (χ1v) is 6.45. The van der Waals surface area contributed by atoms with Crippen LogP contribution in [-0.2, 0) is 0 Å². The molecule has 0 bridgehead atoms. The molecule has 1 aromatic heterocycles. The molecule has 0 saturated heterocycles. The molecule has 1 atom stereocenters. The normalized spacial score (nSPS) is 12.8. The van der Waals surface area contributed by atoms with E-state index in [9.17, 15) is 9.50 Å². The highest BCUT2D eigenvalue weighted by atomic mass is 35.5. The van der Waals surface area contributed by atoms with Gasteiger partial charge in [0, 0.05) is 10.4 Å². The van der Waals surface area contributed by atoms with Crippen molar-refractivity contribution in [3.63, 3.8) is 0 Å². The first-order chi connectivity index (χ1) is 8.00. The Balaban J connectivity index is 2.43. The lowest BCUT2D eigenvalue weighted by Gasteiger charge is -2.10. The van der Waals surface area contributed by atoms with Crippen LogP contribution in [0.1, 0.15) is 22.1 Å². The molecule has 5 heteroatoms. The summed E-state index contributed by atoms with van der Waals surface area (Å²) in [6.07, 6.45) is -1.04. The molecule has 1 unspecified atom stereocenters. The molecular formula is C12H9Cl2FOS. The SMILES string of the molecule is Cc1cc(C(O)c2cccc(Cl)c2F)sc1Cl. The zero-order valence-electron chi connectivity index (χ0n) is 8.88. The van der Waals surface area contributed by atoms with Crippen LogP contribution in [0.2, 0.25) is 9.36 Å². The molecule has 0 spiro atoms. The number of aliphatic hydroxyl groups is 1. The Kier molecular flexibility index (Phi) is 3.73. The average Bonchev–Trinajstić information content (AvgIpc) is 2.62. The number of rotatable bonds is 2. The molecule has 90 valence electrons. The number of aliphatic hydroxyl groups excluding tert-OH is 1. The van der Waals surface area contributed by atoms with E-state index in [1.165, 1.54) is 23.5 Å². The van der Waals surface area contributed by atoms with E-state index >= 15 is 0 Å². The largest absolute Gasteiger partial charge is 0.383 e. The minimum atomic E-state index is -1.04. The maximum Gasteiger partial charge on any atom is 0.147 e. The van der Waals surface area contributed by atoms with Gasteiger partial charge in [0.25, 0.3) is 0 Å². The predicted octanol–water partition coefficient (Wildman–Crippen LogP) is 4.58. The van der Waals surface area contributed by atoms with Gasteiger partial charge in [-0.05, 0) is 24.6 Å². The Labute approximate surface area is 112 Å². The fourth-order valence-corrected chi connectivity index (χ4v) is 2.91. The Hall–Kier alpha value is -0.610. The lowest BCUT2D eigenvalue weighted by molar-refractivity contribution is 0.218. The lowest BCUT2D eigenvalue weighted by atomic mass is 10.1. The van der Waals surface area contributed by atoms with Crippen molar-refractivity contribution in [3.8, 4) is 0 Å². The lowest BCUT2D eigenvalue weighted by Crippen LogP contribution is -2.00. The van der Waals surface area contributed by atoms with Crippen LogP contribution in [0.5, 0.6) is 0 Å². The maximum absolute atomic E-state index is 13.7. The van der Waals surface area contributed by atoms with E-state index < -0.39 is 11.9 Å². The number of hydrogen-bond acceptors (Lipinski definition) is 2. The van der Waals surface area contributed by atoms with Crippen LogP contribution in [0, 0.1) is 12.7 Å². The fourth-order valence-electron chi connectivity index (χ4n) is 1.50. The molecule has 0 aliphatic rings. The van der Waals surface area contributed by atoms with Gasteiger partial charge in [0.1, 0.15) is 11.9 Å². The van der Waals surface area contributed by atoms with Gasteiger partial charge in [-0.2, -0.15) is 0 Å². The van der Waals surface area contributed by atoms with Gasteiger partial charge in [-0.1, -0.05) is 35.3 Å². The minimum Gasteiger partial charge on any atom is -0.383 e. The highest BCUT2D eigenvalue weighted by molar-refractivity contribution is 7.16. The Bertz CT molecular complexity index is 534. The summed E-state index contributed by atoms with van der Waals surface area (Å²) in [6, 6.07) is 6.30. The molecule has 0 fully saturated rings. The van der Waals surface area contributed by atoms with Gasteiger partial charge in [-0.15, -0.1) is 11.3 Å². The maximum atomic E-state index is 13.7. The van der Waals surface area contributed by atoms with Crippen molar-refractivity contribution < 1.29 is 9.50 Å². The Morgan fingerprint density at radius 2 is 2.06 bits per heavy atom. The van der Waals surface area contributed by atoms with Crippen molar-refractivity contribution >= 4 is 34.5 Å². The molecule has 2 rings (SSSR count). The number of benzene rings is 1. The highest BCUT2D eigenvalue weighted by Gasteiger charge is 2.19. The van der Waals surface area contributed by atoms with Crippen molar-refractivity contribution in [1.82, 2.24) is 0 Å². The van der Waals surface area contributed by atoms with Crippen LogP contribution in [-0.4, -0.2) is 5.11 Å². The van der Waals surface area contributed by atoms with Gasteiger partial charge >= 0.3 is 0 Å². The molecule has 17 heavy (non-hydrogen) atoms. The third-order valence-corrected chi connectivity index (χ3v) is 4.32. The molecule has 0 aliphatic heterocycles. The molecule has 0 saturated carbocycles. The Morgan fingerprint density at radius 3 is 2.65 bits per heavy atom. The summed E-state index contributed by atoms with van der Waals surface area (Å²) >= 11 is 12.8. The summed E-state index contributed by atoms with van der Waals surface area (Å²) in [5, 5.41) is 10.1. The van der Waals surface area contributed by atoms with Crippen molar-refractivity contribution in [2.75, 3.05) is 0 Å². The Morgan fingerprint density at radius 1 is 1.35 bits per heavy atom. The summed E-state index contributed by atoms with van der Waals surface area (Å²) in [7, 11) is 0. The average molecular weight is 291 g/mol. The first kappa shape index (κ1) is 12.8. The topological polar surface area (TPSA) is 20.2 Å². The highest BCUT2D eigenvalue weighted by Crippen LogP contribution is 2.35. The van der Waals surface area contributed by atoms with Crippen LogP contribution in [0.15, 0.2) is 24.3 Å². The first-order valence-electron chi connectivity index (χ1n) is 4.88. The molecule has 0 aliphatic carbocycles. The molecule has 0 amide bonds. The van der Waals surface area contributed by atoms with E-state index in [-0.39, 0.29) is 10.6 Å². The van der Waals surface area contributed by atoms with Gasteiger partial charge in [0.2, 0.25) is 0 Å². The van der Waals surface area contributed by atoms with E-state index in [1.807, 2.05) is 6.92 Å². The van der Waals surface area contributed by atoms with Crippen molar-refractivity contribution in [3.05, 3.63) is 55.4 Å². The second-order valence-corrected chi connectivity index (χ2v) is 5.74. The fraction of sp³-hybridized carbons (Fsp3) is 0.167. The van der Waals surface area contributed by atoms with E-state index in [1.54, 1.807) is 12.1 Å². The third kappa shape index (κ3) is 2.47. The quantitative estimate of drug-likeness (QED) is 0.858. The molecule has 2 aromatic rings.